The van der Waals surface area contributed by atoms with E-state index in [2.05, 4.69) is 38.2 Å². The summed E-state index contributed by atoms with van der Waals surface area (Å²) in [5, 5.41) is 0. The van der Waals surface area contributed by atoms with E-state index >= 15 is 0 Å². The van der Waals surface area contributed by atoms with Gasteiger partial charge in [0.2, 0.25) is 0 Å². The number of allylic oxidation sites excluding steroid dienone is 4. The first-order valence-electron chi connectivity index (χ1n) is 22.8. The molecule has 9 nitrogen and oxygen atoms in total. The van der Waals surface area contributed by atoms with E-state index in [1.807, 2.05) is 0 Å². The van der Waals surface area contributed by atoms with E-state index in [9.17, 15) is 19.0 Å². The molecule has 3 N–H and O–H groups in total. The molecule has 0 aliphatic carbocycles. The molecule has 1 unspecified atom stereocenters. The fourth-order valence-electron chi connectivity index (χ4n) is 6.43. The molecule has 10 heteroatoms. The van der Waals surface area contributed by atoms with Gasteiger partial charge in [-0.1, -0.05) is 186 Å². The smallest absolute Gasteiger partial charge is 0.462 e. The summed E-state index contributed by atoms with van der Waals surface area (Å²) in [5.74, 6) is -0.857. The van der Waals surface area contributed by atoms with Gasteiger partial charge < -0.3 is 20.1 Å². The van der Waals surface area contributed by atoms with Crippen LogP contribution < -0.4 is 5.73 Å². The summed E-state index contributed by atoms with van der Waals surface area (Å²) in [6, 6.07) is 0. The Bertz CT molecular complexity index is 959. The molecule has 0 aromatic carbocycles. The second-order valence-electron chi connectivity index (χ2n) is 15.3. The van der Waals surface area contributed by atoms with E-state index in [0.29, 0.717) is 12.8 Å². The minimum atomic E-state index is -4.38. The van der Waals surface area contributed by atoms with Crippen LogP contribution in [0.3, 0.4) is 0 Å². The lowest BCUT2D eigenvalue weighted by Gasteiger charge is -2.19. The number of carbonyl (C=O) groups excluding carboxylic acids is 2. The van der Waals surface area contributed by atoms with Crippen LogP contribution in [0.2, 0.25) is 0 Å². The molecular formula is C45H86NO8P. The highest BCUT2D eigenvalue weighted by atomic mass is 31.2. The number of rotatable bonds is 43. The van der Waals surface area contributed by atoms with Crippen LogP contribution in [-0.4, -0.2) is 49.3 Å². The Hall–Kier alpha value is -1.51. The van der Waals surface area contributed by atoms with E-state index in [-0.39, 0.29) is 32.6 Å². The van der Waals surface area contributed by atoms with E-state index in [1.165, 1.54) is 141 Å². The van der Waals surface area contributed by atoms with Crippen molar-refractivity contribution in [1.82, 2.24) is 0 Å². The highest BCUT2D eigenvalue weighted by molar-refractivity contribution is 7.47. The Kier molecular flexibility index (Phi) is 40.9. The van der Waals surface area contributed by atoms with Crippen LogP contribution in [0.5, 0.6) is 0 Å². The van der Waals surface area contributed by atoms with Crippen LogP contribution in [0, 0.1) is 0 Å². The van der Waals surface area contributed by atoms with Crippen molar-refractivity contribution in [2.75, 3.05) is 26.4 Å². The Balaban J connectivity index is 4.13. The predicted octanol–water partition coefficient (Wildman–Crippen LogP) is 13.2. The van der Waals surface area contributed by atoms with Gasteiger partial charge in [0.1, 0.15) is 6.61 Å². The lowest BCUT2D eigenvalue weighted by molar-refractivity contribution is -0.161. The molecule has 0 saturated heterocycles. The third-order valence-electron chi connectivity index (χ3n) is 9.84. The molecule has 0 bridgehead atoms. The first-order valence-corrected chi connectivity index (χ1v) is 24.3. The van der Waals surface area contributed by atoms with Crippen molar-refractivity contribution in [3.63, 3.8) is 0 Å². The molecule has 324 valence electrons. The number of hydrogen-bond acceptors (Lipinski definition) is 8. The first kappa shape index (κ1) is 53.5. The molecule has 0 spiro atoms. The predicted molar refractivity (Wildman–Crippen MR) is 229 cm³/mol. The number of ether oxygens (including phenoxy) is 2. The molecule has 0 aliphatic rings. The number of hydrogen-bond donors (Lipinski definition) is 2. The third kappa shape index (κ3) is 41.9. The normalized spacial score (nSPS) is 13.5. The van der Waals surface area contributed by atoms with Gasteiger partial charge in [-0.2, -0.15) is 0 Å². The maximum atomic E-state index is 12.6. The SMILES string of the molecule is CCCCCCCC/C=C/C/C=C/CCCCC(=O)OC[C@H](COP(=O)(O)OCCN)OC(=O)CCCCCCCCCCCCCCCCCCCCC. The highest BCUT2D eigenvalue weighted by Crippen LogP contribution is 2.43. The summed E-state index contributed by atoms with van der Waals surface area (Å²) in [7, 11) is -4.38. The average molecular weight is 800 g/mol. The first-order chi connectivity index (χ1) is 26.8. The fourth-order valence-corrected chi connectivity index (χ4v) is 7.20. The van der Waals surface area contributed by atoms with Gasteiger partial charge in [0.15, 0.2) is 6.10 Å². The molecule has 0 aromatic heterocycles. The van der Waals surface area contributed by atoms with Crippen LogP contribution in [0.25, 0.3) is 0 Å². The van der Waals surface area contributed by atoms with Crippen molar-refractivity contribution in [3.8, 4) is 0 Å². The zero-order valence-corrected chi connectivity index (χ0v) is 36.6. The number of nitrogens with two attached hydrogens (primary N) is 1. The van der Waals surface area contributed by atoms with E-state index in [0.717, 1.165) is 38.5 Å². The largest absolute Gasteiger partial charge is 0.472 e. The van der Waals surface area contributed by atoms with Crippen molar-refractivity contribution in [1.29, 1.82) is 0 Å². The maximum Gasteiger partial charge on any atom is 0.472 e. The summed E-state index contributed by atoms with van der Waals surface area (Å²) in [4.78, 5) is 34.9. The molecule has 0 aromatic rings. The van der Waals surface area contributed by atoms with Crippen LogP contribution in [-0.2, 0) is 32.7 Å². The minimum Gasteiger partial charge on any atom is -0.462 e. The Morgan fingerprint density at radius 1 is 0.545 bits per heavy atom. The monoisotopic (exact) mass is 800 g/mol. The van der Waals surface area contributed by atoms with Gasteiger partial charge >= 0.3 is 19.8 Å². The molecule has 0 saturated carbocycles. The van der Waals surface area contributed by atoms with Gasteiger partial charge in [-0.15, -0.1) is 0 Å². The van der Waals surface area contributed by atoms with Crippen molar-refractivity contribution < 1.29 is 37.6 Å². The Labute approximate surface area is 338 Å². The van der Waals surface area contributed by atoms with Gasteiger partial charge in [0.25, 0.3) is 0 Å². The summed E-state index contributed by atoms with van der Waals surface area (Å²) in [5.41, 5.74) is 5.35. The zero-order valence-electron chi connectivity index (χ0n) is 35.7. The Morgan fingerprint density at radius 2 is 0.945 bits per heavy atom. The molecule has 55 heavy (non-hydrogen) atoms. The molecule has 0 amide bonds. The minimum absolute atomic E-state index is 0.0511. The molecule has 0 fully saturated rings. The number of unbranched alkanes of at least 4 members (excludes halogenated alkanes) is 26. The van der Waals surface area contributed by atoms with Crippen molar-refractivity contribution in [2.45, 2.75) is 225 Å². The van der Waals surface area contributed by atoms with Crippen LogP contribution in [0.1, 0.15) is 219 Å². The second kappa shape index (κ2) is 42.1. The van der Waals surface area contributed by atoms with Crippen LogP contribution in [0.4, 0.5) is 0 Å². The average Bonchev–Trinajstić information content (AvgIpc) is 3.17. The Morgan fingerprint density at radius 3 is 1.42 bits per heavy atom. The van der Waals surface area contributed by atoms with Crippen molar-refractivity contribution in [2.24, 2.45) is 5.73 Å². The molecule has 0 rings (SSSR count). The molecular weight excluding hydrogens is 713 g/mol. The standard InChI is InChI=1S/C45H86NO8P/c1-3-5-7-9-11-13-15-17-19-20-21-22-24-26-28-30-32-34-36-38-45(48)54-43(42-53-55(49,50)52-40-39-46)41-51-44(47)37-35-33-31-29-27-25-23-18-16-14-12-10-8-6-4-2/h18,23,27,29,43H,3-17,19-22,24-26,28,30-42,46H2,1-2H3,(H,49,50)/b23-18+,29-27+/t43-/m1/s1. The zero-order chi connectivity index (χ0) is 40.3. The van der Waals surface area contributed by atoms with Gasteiger partial charge in [-0.3, -0.25) is 18.6 Å². The number of phosphoric ester groups is 1. The summed E-state index contributed by atoms with van der Waals surface area (Å²) >= 11 is 0. The number of carbonyl (C=O) groups is 2. The number of phosphoric acid groups is 1. The lowest BCUT2D eigenvalue weighted by atomic mass is 10.0. The van der Waals surface area contributed by atoms with E-state index in [4.69, 9.17) is 24.3 Å². The lowest BCUT2D eigenvalue weighted by Crippen LogP contribution is -2.29. The van der Waals surface area contributed by atoms with E-state index in [1.54, 1.807) is 0 Å². The molecule has 2 atom stereocenters. The summed E-state index contributed by atoms with van der Waals surface area (Å²) in [6.45, 7) is 3.72. The maximum absolute atomic E-state index is 12.6. The fraction of sp³-hybridized carbons (Fsp3) is 0.867. The quantitative estimate of drug-likeness (QED) is 0.0267. The highest BCUT2D eigenvalue weighted by Gasteiger charge is 2.26. The van der Waals surface area contributed by atoms with E-state index < -0.39 is 32.5 Å². The summed E-state index contributed by atoms with van der Waals surface area (Å²) < 4.78 is 32.8. The summed E-state index contributed by atoms with van der Waals surface area (Å²) in [6.07, 6.45) is 45.0. The molecule has 0 aliphatic heterocycles. The second-order valence-corrected chi connectivity index (χ2v) is 16.7. The van der Waals surface area contributed by atoms with Gasteiger partial charge in [0.05, 0.1) is 13.2 Å². The van der Waals surface area contributed by atoms with Gasteiger partial charge in [0, 0.05) is 19.4 Å². The topological polar surface area (TPSA) is 134 Å². The third-order valence-corrected chi connectivity index (χ3v) is 10.8. The van der Waals surface area contributed by atoms with Crippen LogP contribution in [0.15, 0.2) is 24.3 Å². The van der Waals surface area contributed by atoms with Crippen molar-refractivity contribution >= 4 is 19.8 Å². The van der Waals surface area contributed by atoms with Crippen molar-refractivity contribution in [3.05, 3.63) is 24.3 Å². The van der Waals surface area contributed by atoms with Gasteiger partial charge in [-0.25, -0.2) is 4.57 Å². The van der Waals surface area contributed by atoms with Crippen LogP contribution >= 0.6 is 7.82 Å². The molecule has 0 heterocycles. The molecule has 0 radical (unpaired) electrons. The van der Waals surface area contributed by atoms with Gasteiger partial charge in [-0.05, 0) is 44.9 Å². The number of esters is 2.